The Morgan fingerprint density at radius 3 is 2.17 bits per heavy atom. The fraction of sp³-hybridized carbons (Fsp3) is 1.00. The third kappa shape index (κ3) is 3.96. The molecular weight excluding hydrogens is 222 g/mol. The second kappa shape index (κ2) is 7.49. The van der Waals surface area contributed by atoms with Crippen molar-refractivity contribution in [2.45, 2.75) is 84.3 Å². The second-order valence-corrected chi connectivity index (χ2v) is 6.21. The largest absolute Gasteiger partial charge is 0.374 e. The lowest BCUT2D eigenvalue weighted by Gasteiger charge is -2.44. The highest BCUT2D eigenvalue weighted by molar-refractivity contribution is 4.95. The Kier molecular flexibility index (Phi) is 6.65. The molecule has 1 rings (SSSR count). The lowest BCUT2D eigenvalue weighted by molar-refractivity contribution is -0.0925. The first-order valence-electron chi connectivity index (χ1n) is 7.97. The zero-order valence-electron chi connectivity index (χ0n) is 12.9. The molecule has 0 heterocycles. The lowest BCUT2D eigenvalue weighted by atomic mass is 9.73. The normalized spacial score (nSPS) is 30.7. The standard InChI is InChI=1S/C16H33NO/c1-5-14(6-2)12-15(17)16(18-7-3)10-8-13(4)9-11-16/h13-15H,5-12,17H2,1-4H3. The molecule has 0 aromatic heterocycles. The number of hydrogen-bond donors (Lipinski definition) is 1. The van der Waals surface area contributed by atoms with Gasteiger partial charge >= 0.3 is 0 Å². The Balaban J connectivity index is 2.65. The highest BCUT2D eigenvalue weighted by Gasteiger charge is 2.40. The molecule has 1 fully saturated rings. The topological polar surface area (TPSA) is 35.2 Å². The number of rotatable bonds is 7. The molecule has 0 saturated heterocycles. The van der Waals surface area contributed by atoms with Crippen molar-refractivity contribution in [3.05, 3.63) is 0 Å². The molecule has 0 aliphatic heterocycles. The summed E-state index contributed by atoms with van der Waals surface area (Å²) in [6.07, 6.45) is 8.47. The van der Waals surface area contributed by atoms with Gasteiger partial charge < -0.3 is 10.5 Å². The van der Waals surface area contributed by atoms with E-state index in [4.69, 9.17) is 10.5 Å². The van der Waals surface area contributed by atoms with Crippen LogP contribution >= 0.6 is 0 Å². The van der Waals surface area contributed by atoms with E-state index in [2.05, 4.69) is 27.7 Å². The van der Waals surface area contributed by atoms with E-state index in [0.717, 1.165) is 37.7 Å². The molecule has 0 aromatic rings. The Hall–Kier alpha value is -0.0800. The Morgan fingerprint density at radius 1 is 1.17 bits per heavy atom. The molecule has 0 radical (unpaired) electrons. The quantitative estimate of drug-likeness (QED) is 0.742. The van der Waals surface area contributed by atoms with Crippen molar-refractivity contribution in [2.24, 2.45) is 17.6 Å². The minimum atomic E-state index is -0.0240. The van der Waals surface area contributed by atoms with Gasteiger partial charge in [-0.25, -0.2) is 0 Å². The van der Waals surface area contributed by atoms with Crippen LogP contribution in [0.2, 0.25) is 0 Å². The first kappa shape index (κ1) is 16.0. The molecular formula is C16H33NO. The van der Waals surface area contributed by atoms with Crippen LogP contribution in [-0.2, 0) is 4.74 Å². The van der Waals surface area contributed by atoms with Crippen LogP contribution < -0.4 is 5.73 Å². The molecule has 1 atom stereocenters. The third-order valence-electron chi connectivity index (χ3n) is 4.97. The van der Waals surface area contributed by atoms with Crippen molar-refractivity contribution in [1.82, 2.24) is 0 Å². The third-order valence-corrected chi connectivity index (χ3v) is 4.97. The van der Waals surface area contributed by atoms with Crippen LogP contribution in [0.5, 0.6) is 0 Å². The molecule has 2 heteroatoms. The Bertz CT molecular complexity index is 217. The predicted molar refractivity (Wildman–Crippen MR) is 78.7 cm³/mol. The van der Waals surface area contributed by atoms with Crippen LogP contribution in [0.25, 0.3) is 0 Å². The zero-order valence-corrected chi connectivity index (χ0v) is 12.9. The van der Waals surface area contributed by atoms with Crippen molar-refractivity contribution >= 4 is 0 Å². The van der Waals surface area contributed by atoms with E-state index in [1.807, 2.05) is 0 Å². The monoisotopic (exact) mass is 255 g/mol. The van der Waals surface area contributed by atoms with E-state index in [9.17, 15) is 0 Å². The summed E-state index contributed by atoms with van der Waals surface area (Å²) in [4.78, 5) is 0. The highest BCUT2D eigenvalue weighted by atomic mass is 16.5. The van der Waals surface area contributed by atoms with Crippen LogP contribution in [0.15, 0.2) is 0 Å². The minimum Gasteiger partial charge on any atom is -0.374 e. The average molecular weight is 255 g/mol. The van der Waals surface area contributed by atoms with Gasteiger partial charge in [-0.1, -0.05) is 33.6 Å². The smallest absolute Gasteiger partial charge is 0.0832 e. The number of nitrogens with two attached hydrogens (primary N) is 1. The summed E-state index contributed by atoms with van der Waals surface area (Å²) in [6.45, 7) is 9.80. The van der Waals surface area contributed by atoms with Crippen LogP contribution in [0.1, 0.15) is 72.6 Å². The molecule has 1 saturated carbocycles. The van der Waals surface area contributed by atoms with Gasteiger partial charge in [0.15, 0.2) is 0 Å². The minimum absolute atomic E-state index is 0.0240. The Labute approximate surface area is 114 Å². The summed E-state index contributed by atoms with van der Waals surface area (Å²) in [5.74, 6) is 1.61. The molecule has 0 aromatic carbocycles. The summed E-state index contributed by atoms with van der Waals surface area (Å²) in [5.41, 5.74) is 6.52. The number of ether oxygens (including phenoxy) is 1. The van der Waals surface area contributed by atoms with E-state index >= 15 is 0 Å². The molecule has 1 unspecified atom stereocenters. The molecule has 1 aliphatic rings. The molecule has 0 bridgehead atoms. The van der Waals surface area contributed by atoms with Crippen LogP contribution in [0.4, 0.5) is 0 Å². The first-order chi connectivity index (χ1) is 8.57. The molecule has 1 aliphatic carbocycles. The van der Waals surface area contributed by atoms with E-state index < -0.39 is 0 Å². The van der Waals surface area contributed by atoms with E-state index in [1.54, 1.807) is 0 Å². The number of hydrogen-bond acceptors (Lipinski definition) is 2. The first-order valence-corrected chi connectivity index (χ1v) is 7.97. The van der Waals surface area contributed by atoms with Gasteiger partial charge in [-0.3, -0.25) is 0 Å². The molecule has 0 spiro atoms. The zero-order chi connectivity index (χ0) is 13.6. The fourth-order valence-corrected chi connectivity index (χ4v) is 3.36. The van der Waals surface area contributed by atoms with Crippen LogP contribution in [0, 0.1) is 11.8 Å². The maximum Gasteiger partial charge on any atom is 0.0832 e. The van der Waals surface area contributed by atoms with Crippen molar-refractivity contribution in [3.8, 4) is 0 Å². The van der Waals surface area contributed by atoms with Crippen LogP contribution in [-0.4, -0.2) is 18.2 Å². The summed E-state index contributed by atoms with van der Waals surface area (Å²) in [6, 6.07) is 0.217. The van der Waals surface area contributed by atoms with E-state index in [1.165, 1.54) is 25.7 Å². The molecule has 18 heavy (non-hydrogen) atoms. The maximum absolute atomic E-state index is 6.54. The van der Waals surface area contributed by atoms with Gasteiger partial charge in [0.25, 0.3) is 0 Å². The second-order valence-electron chi connectivity index (χ2n) is 6.21. The summed E-state index contributed by atoms with van der Waals surface area (Å²) < 4.78 is 6.15. The van der Waals surface area contributed by atoms with Crippen LogP contribution in [0.3, 0.4) is 0 Å². The van der Waals surface area contributed by atoms with Gasteiger partial charge in [0, 0.05) is 12.6 Å². The summed E-state index contributed by atoms with van der Waals surface area (Å²) >= 11 is 0. The van der Waals surface area contributed by atoms with Gasteiger partial charge in [0.05, 0.1) is 5.60 Å². The average Bonchev–Trinajstić information content (AvgIpc) is 2.38. The SMILES string of the molecule is CCOC1(C(N)CC(CC)CC)CCC(C)CC1. The van der Waals surface area contributed by atoms with Gasteiger partial charge in [-0.05, 0) is 50.9 Å². The van der Waals surface area contributed by atoms with Gasteiger partial charge in [-0.15, -0.1) is 0 Å². The molecule has 2 nitrogen and oxygen atoms in total. The highest BCUT2D eigenvalue weighted by Crippen LogP contribution is 2.38. The van der Waals surface area contributed by atoms with Crippen molar-refractivity contribution in [2.75, 3.05) is 6.61 Å². The van der Waals surface area contributed by atoms with Crippen molar-refractivity contribution in [3.63, 3.8) is 0 Å². The van der Waals surface area contributed by atoms with E-state index in [0.29, 0.717) is 0 Å². The molecule has 108 valence electrons. The summed E-state index contributed by atoms with van der Waals surface area (Å²) in [5, 5.41) is 0. The molecule has 2 N–H and O–H groups in total. The van der Waals surface area contributed by atoms with Gasteiger partial charge in [0.2, 0.25) is 0 Å². The lowest BCUT2D eigenvalue weighted by Crippen LogP contribution is -2.52. The van der Waals surface area contributed by atoms with Crippen molar-refractivity contribution < 1.29 is 4.74 Å². The van der Waals surface area contributed by atoms with E-state index in [-0.39, 0.29) is 11.6 Å². The van der Waals surface area contributed by atoms with Crippen molar-refractivity contribution in [1.29, 1.82) is 0 Å². The predicted octanol–water partition coefficient (Wildman–Crippen LogP) is 4.13. The summed E-state index contributed by atoms with van der Waals surface area (Å²) in [7, 11) is 0. The molecule has 0 amide bonds. The van der Waals surface area contributed by atoms with Gasteiger partial charge in [-0.2, -0.15) is 0 Å². The maximum atomic E-state index is 6.54. The Morgan fingerprint density at radius 2 is 1.72 bits per heavy atom. The van der Waals surface area contributed by atoms with Gasteiger partial charge in [0.1, 0.15) is 0 Å². The fourth-order valence-electron chi connectivity index (χ4n) is 3.36.